The quantitative estimate of drug-likeness (QED) is 0.903. The molecule has 2 nitrogen and oxygen atoms in total. The van der Waals surface area contributed by atoms with Crippen molar-refractivity contribution in [2.45, 2.75) is 6.04 Å². The number of nitrogens with zero attached hydrogens (tertiary/aromatic N) is 1. The second kappa shape index (κ2) is 4.87. The Labute approximate surface area is 92.0 Å². The van der Waals surface area contributed by atoms with Crippen LogP contribution in [0, 0.1) is 5.82 Å². The van der Waals surface area contributed by atoms with Crippen molar-refractivity contribution < 1.29 is 4.39 Å². The first-order valence-corrected chi connectivity index (χ1v) is 5.14. The van der Waals surface area contributed by atoms with E-state index in [9.17, 15) is 4.39 Å². The van der Waals surface area contributed by atoms with Crippen LogP contribution >= 0.6 is 15.9 Å². The molecule has 78 valence electrons. The standard InChI is InChI=1S/C10H14BrFN2/c1-14(2)6-10(13)7-3-8(11)5-9(12)4-7/h3-5,10H,6,13H2,1-2H3. The van der Waals surface area contributed by atoms with Crippen LogP contribution in [0.1, 0.15) is 11.6 Å². The number of hydrogen-bond donors (Lipinski definition) is 1. The van der Waals surface area contributed by atoms with Crippen molar-refractivity contribution in [1.82, 2.24) is 4.90 Å². The van der Waals surface area contributed by atoms with E-state index in [1.54, 1.807) is 0 Å². The summed E-state index contributed by atoms with van der Waals surface area (Å²) in [5, 5.41) is 0. The van der Waals surface area contributed by atoms with Gasteiger partial charge in [0, 0.05) is 17.1 Å². The molecule has 0 fully saturated rings. The third-order valence-corrected chi connectivity index (χ3v) is 2.33. The van der Waals surface area contributed by atoms with E-state index in [2.05, 4.69) is 15.9 Å². The zero-order valence-corrected chi connectivity index (χ0v) is 9.88. The van der Waals surface area contributed by atoms with Gasteiger partial charge in [-0.05, 0) is 37.9 Å². The number of nitrogens with two attached hydrogens (primary N) is 1. The SMILES string of the molecule is CN(C)CC(N)c1cc(F)cc(Br)c1. The number of rotatable bonds is 3. The summed E-state index contributed by atoms with van der Waals surface area (Å²) in [6, 6.07) is 4.58. The molecule has 0 aliphatic heterocycles. The summed E-state index contributed by atoms with van der Waals surface area (Å²) in [4.78, 5) is 1.98. The Kier molecular flexibility index (Phi) is 4.04. The van der Waals surface area contributed by atoms with Gasteiger partial charge in [-0.2, -0.15) is 0 Å². The van der Waals surface area contributed by atoms with Crippen LogP contribution in [0.15, 0.2) is 22.7 Å². The third-order valence-electron chi connectivity index (χ3n) is 1.87. The fourth-order valence-corrected chi connectivity index (χ4v) is 1.77. The summed E-state index contributed by atoms with van der Waals surface area (Å²) >= 11 is 3.24. The minimum Gasteiger partial charge on any atom is -0.323 e. The van der Waals surface area contributed by atoms with Gasteiger partial charge >= 0.3 is 0 Å². The molecule has 1 atom stereocenters. The highest BCUT2D eigenvalue weighted by atomic mass is 79.9. The summed E-state index contributed by atoms with van der Waals surface area (Å²) in [7, 11) is 3.88. The summed E-state index contributed by atoms with van der Waals surface area (Å²) < 4.78 is 13.8. The highest BCUT2D eigenvalue weighted by molar-refractivity contribution is 9.10. The van der Waals surface area contributed by atoms with Gasteiger partial charge in [-0.15, -0.1) is 0 Å². The molecule has 1 aromatic carbocycles. The van der Waals surface area contributed by atoms with Crippen LogP contribution in [0.25, 0.3) is 0 Å². The molecule has 4 heteroatoms. The van der Waals surface area contributed by atoms with Crippen LogP contribution in [0.5, 0.6) is 0 Å². The minimum atomic E-state index is -0.261. The van der Waals surface area contributed by atoms with Gasteiger partial charge in [-0.25, -0.2) is 4.39 Å². The molecule has 2 N–H and O–H groups in total. The molecule has 14 heavy (non-hydrogen) atoms. The van der Waals surface area contributed by atoms with Crippen LogP contribution in [-0.2, 0) is 0 Å². The zero-order valence-electron chi connectivity index (χ0n) is 8.30. The molecule has 0 saturated carbocycles. The normalized spacial score (nSPS) is 13.3. The molecule has 0 saturated heterocycles. The molecular weight excluding hydrogens is 247 g/mol. The molecule has 0 bridgehead atoms. The van der Waals surface area contributed by atoms with Crippen molar-refractivity contribution in [3.05, 3.63) is 34.1 Å². The van der Waals surface area contributed by atoms with Crippen LogP contribution < -0.4 is 5.73 Å². The Morgan fingerprint density at radius 1 is 1.43 bits per heavy atom. The first-order chi connectivity index (χ1) is 6.49. The molecule has 0 spiro atoms. The Hall–Kier alpha value is -0.450. The van der Waals surface area contributed by atoms with E-state index in [1.807, 2.05) is 25.1 Å². The fourth-order valence-electron chi connectivity index (χ4n) is 1.29. The van der Waals surface area contributed by atoms with E-state index in [0.29, 0.717) is 6.54 Å². The number of hydrogen-bond acceptors (Lipinski definition) is 2. The molecule has 1 unspecified atom stereocenters. The average Bonchev–Trinajstić information content (AvgIpc) is 2.00. The Bertz CT molecular complexity index is 295. The summed E-state index contributed by atoms with van der Waals surface area (Å²) in [5.41, 5.74) is 6.72. The second-order valence-electron chi connectivity index (χ2n) is 3.57. The molecule has 1 rings (SSSR count). The van der Waals surface area contributed by atoms with Gasteiger partial charge in [0.1, 0.15) is 5.82 Å². The molecule has 0 amide bonds. The number of likely N-dealkylation sites (N-methyl/N-ethyl adjacent to an activating group) is 1. The molecular formula is C10H14BrFN2. The van der Waals surface area contributed by atoms with Crippen molar-refractivity contribution >= 4 is 15.9 Å². The van der Waals surface area contributed by atoms with E-state index >= 15 is 0 Å². The first kappa shape index (κ1) is 11.6. The van der Waals surface area contributed by atoms with E-state index in [1.165, 1.54) is 12.1 Å². The lowest BCUT2D eigenvalue weighted by atomic mass is 10.1. The highest BCUT2D eigenvalue weighted by Crippen LogP contribution is 2.19. The zero-order chi connectivity index (χ0) is 10.7. The van der Waals surface area contributed by atoms with Gasteiger partial charge in [0.2, 0.25) is 0 Å². The topological polar surface area (TPSA) is 29.3 Å². The lowest BCUT2D eigenvalue weighted by molar-refractivity contribution is 0.376. The maximum atomic E-state index is 13.0. The molecule has 1 aromatic rings. The smallest absolute Gasteiger partial charge is 0.124 e. The fraction of sp³-hybridized carbons (Fsp3) is 0.400. The van der Waals surface area contributed by atoms with Gasteiger partial charge in [0.25, 0.3) is 0 Å². The molecule has 0 heterocycles. The van der Waals surface area contributed by atoms with Gasteiger partial charge in [-0.3, -0.25) is 0 Å². The van der Waals surface area contributed by atoms with E-state index in [4.69, 9.17) is 5.73 Å². The molecule has 0 aliphatic carbocycles. The lowest BCUT2D eigenvalue weighted by Gasteiger charge is -2.17. The predicted octanol–water partition coefficient (Wildman–Crippen LogP) is 2.15. The molecule has 0 aromatic heterocycles. The maximum absolute atomic E-state index is 13.0. The molecule has 0 radical (unpaired) electrons. The first-order valence-electron chi connectivity index (χ1n) is 4.35. The maximum Gasteiger partial charge on any atom is 0.124 e. The lowest BCUT2D eigenvalue weighted by Crippen LogP contribution is -2.26. The Morgan fingerprint density at radius 2 is 2.07 bits per heavy atom. The van der Waals surface area contributed by atoms with E-state index in [0.717, 1.165) is 10.0 Å². The summed E-state index contributed by atoms with van der Waals surface area (Å²) in [6.07, 6.45) is 0. The van der Waals surface area contributed by atoms with Crippen molar-refractivity contribution in [2.75, 3.05) is 20.6 Å². The Morgan fingerprint density at radius 3 is 2.57 bits per heavy atom. The van der Waals surface area contributed by atoms with Crippen molar-refractivity contribution in [3.8, 4) is 0 Å². The molecule has 0 aliphatic rings. The monoisotopic (exact) mass is 260 g/mol. The van der Waals surface area contributed by atoms with Crippen molar-refractivity contribution in [3.63, 3.8) is 0 Å². The minimum absolute atomic E-state index is 0.156. The van der Waals surface area contributed by atoms with Crippen LogP contribution in [0.3, 0.4) is 0 Å². The summed E-state index contributed by atoms with van der Waals surface area (Å²) in [5.74, 6) is -0.261. The third kappa shape index (κ3) is 3.36. The van der Waals surface area contributed by atoms with Crippen molar-refractivity contribution in [2.24, 2.45) is 5.73 Å². The predicted molar refractivity (Wildman–Crippen MR) is 59.6 cm³/mol. The number of benzene rings is 1. The van der Waals surface area contributed by atoms with E-state index in [-0.39, 0.29) is 11.9 Å². The summed E-state index contributed by atoms with van der Waals surface area (Å²) in [6.45, 7) is 0.704. The second-order valence-corrected chi connectivity index (χ2v) is 4.49. The van der Waals surface area contributed by atoms with Crippen LogP contribution in [0.4, 0.5) is 4.39 Å². The largest absolute Gasteiger partial charge is 0.323 e. The van der Waals surface area contributed by atoms with Gasteiger partial charge in [0.15, 0.2) is 0 Å². The van der Waals surface area contributed by atoms with Crippen LogP contribution in [0.2, 0.25) is 0 Å². The Balaban J connectivity index is 2.84. The number of halogens is 2. The highest BCUT2D eigenvalue weighted by Gasteiger charge is 2.08. The van der Waals surface area contributed by atoms with Crippen molar-refractivity contribution in [1.29, 1.82) is 0 Å². The van der Waals surface area contributed by atoms with Crippen LogP contribution in [-0.4, -0.2) is 25.5 Å². The average molecular weight is 261 g/mol. The van der Waals surface area contributed by atoms with Gasteiger partial charge in [-0.1, -0.05) is 15.9 Å². The van der Waals surface area contributed by atoms with E-state index < -0.39 is 0 Å². The van der Waals surface area contributed by atoms with Gasteiger partial charge < -0.3 is 10.6 Å². The van der Waals surface area contributed by atoms with Gasteiger partial charge in [0.05, 0.1) is 0 Å².